The number of hydrogen-bond acceptors (Lipinski definition) is 2. The molecule has 3 heteroatoms. The lowest BCUT2D eigenvalue weighted by atomic mass is 9.91. The van der Waals surface area contributed by atoms with Crippen molar-refractivity contribution in [3.05, 3.63) is 139 Å². The molecule has 5 aromatic carbocycles. The smallest absolute Gasteiger partial charge is 0.0629 e. The van der Waals surface area contributed by atoms with Gasteiger partial charge in [0.1, 0.15) is 0 Å². The molecule has 0 fully saturated rings. The van der Waals surface area contributed by atoms with Gasteiger partial charge in [0.25, 0.3) is 0 Å². The Morgan fingerprint density at radius 1 is 0.564 bits per heavy atom. The number of fused-ring (bicyclic) bond motifs is 10. The lowest BCUT2D eigenvalue weighted by molar-refractivity contribution is 0.745. The first kappa shape index (κ1) is 21.3. The van der Waals surface area contributed by atoms with Crippen molar-refractivity contribution in [2.75, 3.05) is 4.90 Å². The number of anilines is 2. The van der Waals surface area contributed by atoms with E-state index in [9.17, 15) is 0 Å². The maximum atomic E-state index is 2.56. The van der Waals surface area contributed by atoms with E-state index in [4.69, 9.17) is 0 Å². The highest BCUT2D eigenvalue weighted by molar-refractivity contribution is 7.25. The van der Waals surface area contributed by atoms with Crippen LogP contribution >= 0.6 is 11.3 Å². The molecule has 1 aliphatic heterocycles. The molecule has 0 amide bonds. The molecule has 0 radical (unpaired) electrons. The summed E-state index contributed by atoms with van der Waals surface area (Å²) in [7, 11) is 0. The number of nitrogens with zero attached hydrogens (tertiary/aromatic N) is 2. The molecule has 184 valence electrons. The summed E-state index contributed by atoms with van der Waals surface area (Å²) in [5.74, 6) is 0.338. The highest BCUT2D eigenvalue weighted by Gasteiger charge is 2.39. The average Bonchev–Trinajstić information content (AvgIpc) is 3.65. The Morgan fingerprint density at radius 2 is 1.33 bits per heavy atom. The number of rotatable bonds is 2. The third-order valence-electron chi connectivity index (χ3n) is 8.50. The predicted octanol–water partition coefficient (Wildman–Crippen LogP) is 9.88. The van der Waals surface area contributed by atoms with E-state index in [-0.39, 0.29) is 6.04 Å². The van der Waals surface area contributed by atoms with Crippen molar-refractivity contribution in [3.63, 3.8) is 0 Å². The minimum absolute atomic E-state index is 0.272. The molecule has 2 atom stereocenters. The Kier molecular flexibility index (Phi) is 4.35. The van der Waals surface area contributed by atoms with Crippen LogP contribution in [0.3, 0.4) is 0 Å². The Bertz CT molecular complexity index is 2140. The first-order valence-corrected chi connectivity index (χ1v) is 14.4. The summed E-state index contributed by atoms with van der Waals surface area (Å²) in [6, 6.07) is 40.5. The van der Waals surface area contributed by atoms with Gasteiger partial charge in [-0.15, -0.1) is 11.3 Å². The zero-order chi connectivity index (χ0) is 25.5. The highest BCUT2D eigenvalue weighted by atomic mass is 32.1. The van der Waals surface area contributed by atoms with Crippen LogP contribution in [-0.4, -0.2) is 10.6 Å². The van der Waals surface area contributed by atoms with Crippen LogP contribution in [0.25, 0.3) is 47.7 Å². The molecule has 2 unspecified atom stereocenters. The molecule has 7 aromatic rings. The van der Waals surface area contributed by atoms with Crippen LogP contribution in [0, 0.1) is 0 Å². The molecule has 0 spiro atoms. The topological polar surface area (TPSA) is 8.17 Å². The molecule has 0 saturated heterocycles. The molecule has 2 nitrogen and oxygen atoms in total. The second-order valence-corrected chi connectivity index (χ2v) is 11.6. The number of benzene rings is 5. The Hall–Kier alpha value is -4.60. The highest BCUT2D eigenvalue weighted by Crippen LogP contribution is 2.53. The Balaban J connectivity index is 1.38. The van der Waals surface area contributed by atoms with Crippen molar-refractivity contribution in [2.24, 2.45) is 0 Å². The van der Waals surface area contributed by atoms with Gasteiger partial charge >= 0.3 is 0 Å². The molecule has 0 N–H and O–H groups in total. The summed E-state index contributed by atoms with van der Waals surface area (Å²) in [4.78, 5) is 2.56. The molecule has 2 aromatic heterocycles. The van der Waals surface area contributed by atoms with Gasteiger partial charge in [-0.1, -0.05) is 85.0 Å². The number of thiophene rings is 1. The number of allylic oxidation sites excluding steroid dienone is 2. The van der Waals surface area contributed by atoms with Gasteiger partial charge in [-0.2, -0.15) is 0 Å². The molecule has 39 heavy (non-hydrogen) atoms. The van der Waals surface area contributed by atoms with Crippen LogP contribution < -0.4 is 4.90 Å². The fourth-order valence-electron chi connectivity index (χ4n) is 6.89. The molecule has 2 aliphatic rings. The first-order chi connectivity index (χ1) is 19.4. The molecule has 0 saturated carbocycles. The molecule has 9 rings (SSSR count). The van der Waals surface area contributed by atoms with Crippen LogP contribution in [0.4, 0.5) is 11.4 Å². The van der Waals surface area contributed by atoms with Gasteiger partial charge < -0.3 is 9.47 Å². The zero-order valence-electron chi connectivity index (χ0n) is 21.2. The fraction of sp³-hybridized carbons (Fsp3) is 0.0556. The molecule has 0 bridgehead atoms. The van der Waals surface area contributed by atoms with E-state index >= 15 is 0 Å². The number of aromatic nitrogens is 1. The predicted molar refractivity (Wildman–Crippen MR) is 167 cm³/mol. The third kappa shape index (κ3) is 2.91. The van der Waals surface area contributed by atoms with E-state index < -0.39 is 0 Å². The normalized spacial score (nSPS) is 18.0. The van der Waals surface area contributed by atoms with Gasteiger partial charge in [-0.05, 0) is 54.1 Å². The van der Waals surface area contributed by atoms with Crippen LogP contribution in [-0.2, 0) is 0 Å². The molecular weight excluding hydrogens is 492 g/mol. The lowest BCUT2D eigenvalue weighted by Crippen LogP contribution is -2.28. The second kappa shape index (κ2) is 7.95. The van der Waals surface area contributed by atoms with Crippen molar-refractivity contribution >= 4 is 64.7 Å². The van der Waals surface area contributed by atoms with Crippen LogP contribution in [0.2, 0.25) is 0 Å². The van der Waals surface area contributed by atoms with Crippen molar-refractivity contribution in [2.45, 2.75) is 12.0 Å². The number of para-hydroxylation sites is 2. The SMILES string of the molecule is C1=CC2c3ccc4c(c3N(c3ccccc3)C2C=C1)c1ccccc1n4-c1ccc2sc3ccccc3c2c1. The summed E-state index contributed by atoms with van der Waals surface area (Å²) in [5.41, 5.74) is 7.68. The summed E-state index contributed by atoms with van der Waals surface area (Å²) < 4.78 is 5.14. The van der Waals surface area contributed by atoms with Crippen molar-refractivity contribution in [1.82, 2.24) is 4.57 Å². The summed E-state index contributed by atoms with van der Waals surface area (Å²) in [5, 5.41) is 5.29. The van der Waals surface area contributed by atoms with Crippen LogP contribution in [0.15, 0.2) is 133 Å². The standard InChI is InChI=1S/C36H24N2S/c1-2-10-23(11-3-1)38-30-15-7-4-12-25(30)27-19-20-32-35(36(27)38)28-14-5-8-16-31(28)37(32)24-18-21-34-29(22-24)26-13-6-9-17-33(26)39-34/h1-22,25,30H. The molecular formula is C36H24N2S. The minimum Gasteiger partial charge on any atom is -0.333 e. The number of hydrogen-bond donors (Lipinski definition) is 0. The van der Waals surface area contributed by atoms with E-state index in [0.717, 1.165) is 0 Å². The van der Waals surface area contributed by atoms with Gasteiger partial charge in [0, 0.05) is 48.2 Å². The molecule has 1 aliphatic carbocycles. The van der Waals surface area contributed by atoms with E-state index in [2.05, 4.69) is 143 Å². The largest absolute Gasteiger partial charge is 0.333 e. The third-order valence-corrected chi connectivity index (χ3v) is 9.65. The monoisotopic (exact) mass is 516 g/mol. The minimum atomic E-state index is 0.272. The average molecular weight is 517 g/mol. The van der Waals surface area contributed by atoms with Crippen molar-refractivity contribution < 1.29 is 0 Å². The van der Waals surface area contributed by atoms with Crippen molar-refractivity contribution in [1.29, 1.82) is 0 Å². The van der Waals surface area contributed by atoms with Gasteiger partial charge in [0.15, 0.2) is 0 Å². The van der Waals surface area contributed by atoms with E-state index in [0.29, 0.717) is 5.92 Å². The van der Waals surface area contributed by atoms with Crippen molar-refractivity contribution in [3.8, 4) is 5.69 Å². The summed E-state index contributed by atoms with van der Waals surface area (Å²) in [6.07, 6.45) is 9.13. The lowest BCUT2D eigenvalue weighted by Gasteiger charge is -2.29. The first-order valence-electron chi connectivity index (χ1n) is 13.5. The second-order valence-electron chi connectivity index (χ2n) is 10.5. The Morgan fingerprint density at radius 3 is 2.26 bits per heavy atom. The summed E-state index contributed by atoms with van der Waals surface area (Å²) in [6.45, 7) is 0. The van der Waals surface area contributed by atoms with E-state index in [1.54, 1.807) is 0 Å². The maximum Gasteiger partial charge on any atom is 0.0629 e. The van der Waals surface area contributed by atoms with Crippen LogP contribution in [0.5, 0.6) is 0 Å². The van der Waals surface area contributed by atoms with Gasteiger partial charge in [-0.3, -0.25) is 0 Å². The van der Waals surface area contributed by atoms with Gasteiger partial charge in [0.2, 0.25) is 0 Å². The fourth-order valence-corrected chi connectivity index (χ4v) is 7.97. The quantitative estimate of drug-likeness (QED) is 0.222. The zero-order valence-corrected chi connectivity index (χ0v) is 22.0. The van der Waals surface area contributed by atoms with Gasteiger partial charge in [-0.25, -0.2) is 0 Å². The van der Waals surface area contributed by atoms with Gasteiger partial charge in [0.05, 0.1) is 22.8 Å². The maximum absolute atomic E-state index is 2.56. The van der Waals surface area contributed by atoms with Crippen LogP contribution in [0.1, 0.15) is 11.5 Å². The van der Waals surface area contributed by atoms with E-state index in [1.165, 1.54) is 64.6 Å². The Labute approximate surface area is 230 Å². The van der Waals surface area contributed by atoms with E-state index in [1.807, 2.05) is 11.3 Å². The summed E-state index contributed by atoms with van der Waals surface area (Å²) >= 11 is 1.87. The molecule has 3 heterocycles.